The third-order valence-corrected chi connectivity index (χ3v) is 12.8. The molecule has 10 rings (SSSR count). The molecule has 0 radical (unpaired) electrons. The van der Waals surface area contributed by atoms with Crippen molar-refractivity contribution in [1.82, 2.24) is 9.55 Å². The summed E-state index contributed by atoms with van der Waals surface area (Å²) in [7, 11) is 0. The van der Waals surface area contributed by atoms with Crippen molar-refractivity contribution in [2.24, 2.45) is 0 Å². The van der Waals surface area contributed by atoms with E-state index < -0.39 is 6.85 Å². The Kier molecular flexibility index (Phi) is 8.64. The molecule has 0 N–H and O–H groups in total. The number of hydrogen-bond donors (Lipinski definition) is 0. The van der Waals surface area contributed by atoms with E-state index in [0.717, 1.165) is 49.2 Å². The Labute approximate surface area is 363 Å². The quantitative estimate of drug-likeness (QED) is 0.143. The molecule has 0 bridgehead atoms. The summed E-state index contributed by atoms with van der Waals surface area (Å²) < 4.78 is 35.3. The molecule has 0 atom stereocenters. The number of aryl methyl sites for hydroxylation is 1. The first-order valence-electron chi connectivity index (χ1n) is 23.4. The number of hydrogen-bond acceptors (Lipinski definition) is 2. The van der Waals surface area contributed by atoms with Gasteiger partial charge in [-0.2, -0.15) is 0 Å². The summed E-state index contributed by atoms with van der Waals surface area (Å²) in [6, 6.07) is 49.5. The zero-order chi connectivity index (χ0) is 44.8. The first-order chi connectivity index (χ1) is 30.7. The molecule has 2 aromatic heterocycles. The average molecular weight is 798 g/mol. The SMILES string of the molecule is [2H]C([2H])([2H])c1ccc(-c2nc3ccccc3n2-c2c(C(C)C)cc(-c3ccc(-c4cc(C(C)C)cc(C(C)C)c4)cc3)cc2C(C)C)c2oc3cc4c(ccc5ccccc54)cc3c12. The summed E-state index contributed by atoms with van der Waals surface area (Å²) in [5.74, 6) is 1.95. The smallest absolute Gasteiger partial charge is 0.149 e. The molecule has 0 unspecified atom stereocenters. The van der Waals surface area contributed by atoms with Crippen LogP contribution in [0.15, 0.2) is 144 Å². The maximum absolute atomic E-state index is 8.69. The highest BCUT2D eigenvalue weighted by Gasteiger charge is 2.26. The Morgan fingerprint density at radius 2 is 1.15 bits per heavy atom. The van der Waals surface area contributed by atoms with Crippen LogP contribution in [0.4, 0.5) is 0 Å². The highest BCUT2D eigenvalue weighted by atomic mass is 16.3. The predicted molar refractivity (Wildman–Crippen MR) is 261 cm³/mol. The summed E-state index contributed by atoms with van der Waals surface area (Å²) in [5.41, 5.74) is 15.1. The molecular formula is C58H54N2O. The molecule has 0 aliphatic carbocycles. The van der Waals surface area contributed by atoms with Crippen molar-refractivity contribution in [1.29, 1.82) is 0 Å². The number of furan rings is 1. The van der Waals surface area contributed by atoms with Crippen LogP contribution >= 0.6 is 0 Å². The second kappa shape index (κ2) is 14.9. The van der Waals surface area contributed by atoms with Crippen molar-refractivity contribution in [2.75, 3.05) is 0 Å². The fourth-order valence-corrected chi connectivity index (χ4v) is 9.34. The molecule has 0 saturated heterocycles. The minimum atomic E-state index is -2.37. The Bertz CT molecular complexity index is 3380. The molecule has 10 aromatic rings. The second-order valence-corrected chi connectivity index (χ2v) is 18.2. The van der Waals surface area contributed by atoms with Gasteiger partial charge in [0.2, 0.25) is 0 Å². The van der Waals surface area contributed by atoms with E-state index in [9.17, 15) is 0 Å². The van der Waals surface area contributed by atoms with Crippen LogP contribution in [-0.2, 0) is 0 Å². The van der Waals surface area contributed by atoms with Crippen molar-refractivity contribution in [3.05, 3.63) is 167 Å². The van der Waals surface area contributed by atoms with Gasteiger partial charge >= 0.3 is 0 Å². The van der Waals surface area contributed by atoms with Gasteiger partial charge in [0.1, 0.15) is 17.0 Å². The lowest BCUT2D eigenvalue weighted by Crippen LogP contribution is -2.09. The Balaban J connectivity index is 1.19. The van der Waals surface area contributed by atoms with E-state index >= 15 is 0 Å². The van der Waals surface area contributed by atoms with Gasteiger partial charge in [-0.3, -0.25) is 4.57 Å². The van der Waals surface area contributed by atoms with Crippen molar-refractivity contribution >= 4 is 54.5 Å². The van der Waals surface area contributed by atoms with Gasteiger partial charge in [0.25, 0.3) is 0 Å². The van der Waals surface area contributed by atoms with Crippen LogP contribution in [0, 0.1) is 6.85 Å². The maximum atomic E-state index is 8.69. The molecule has 2 heterocycles. The molecule has 0 fully saturated rings. The summed E-state index contributed by atoms with van der Waals surface area (Å²) >= 11 is 0. The molecule has 0 aliphatic heterocycles. The lowest BCUT2D eigenvalue weighted by molar-refractivity contribution is 0.670. The number of imidazole rings is 1. The normalized spacial score (nSPS) is 13.2. The lowest BCUT2D eigenvalue weighted by atomic mass is 9.87. The molecule has 3 heteroatoms. The minimum Gasteiger partial charge on any atom is -0.455 e. The predicted octanol–water partition coefficient (Wildman–Crippen LogP) is 17.0. The number of nitrogens with zero attached hydrogens (tertiary/aromatic N) is 2. The van der Waals surface area contributed by atoms with Crippen molar-refractivity contribution < 1.29 is 8.53 Å². The van der Waals surface area contributed by atoms with Gasteiger partial charge in [-0.15, -0.1) is 0 Å². The number of aromatic nitrogens is 2. The zero-order valence-corrected chi connectivity index (χ0v) is 36.4. The first kappa shape index (κ1) is 35.3. The second-order valence-electron chi connectivity index (χ2n) is 18.2. The minimum absolute atomic E-state index is 0.167. The lowest BCUT2D eigenvalue weighted by Gasteiger charge is -2.24. The van der Waals surface area contributed by atoms with E-state index in [2.05, 4.69) is 175 Å². The van der Waals surface area contributed by atoms with Crippen LogP contribution < -0.4 is 0 Å². The molecule has 61 heavy (non-hydrogen) atoms. The fourth-order valence-electron chi connectivity index (χ4n) is 9.34. The van der Waals surface area contributed by atoms with Crippen LogP contribution in [-0.4, -0.2) is 9.55 Å². The molecule has 0 saturated carbocycles. The highest BCUT2D eigenvalue weighted by Crippen LogP contribution is 2.44. The zero-order valence-electron chi connectivity index (χ0n) is 39.4. The third kappa shape index (κ3) is 6.54. The van der Waals surface area contributed by atoms with Crippen LogP contribution in [0.5, 0.6) is 0 Å². The average Bonchev–Trinajstić information content (AvgIpc) is 3.85. The van der Waals surface area contributed by atoms with Gasteiger partial charge in [0, 0.05) is 14.9 Å². The van der Waals surface area contributed by atoms with E-state index in [1.54, 1.807) is 6.07 Å². The Hall–Kier alpha value is -6.45. The number of para-hydroxylation sites is 2. The third-order valence-electron chi connectivity index (χ3n) is 12.8. The molecular weight excluding hydrogens is 741 g/mol. The monoisotopic (exact) mass is 797 g/mol. The van der Waals surface area contributed by atoms with Crippen LogP contribution in [0.1, 0.15) is 111 Å². The fraction of sp³-hybridized carbons (Fsp3) is 0.224. The standard InChI is InChI=1S/C58H54N2O/c1-33(2)42-26-43(34(3)4)28-44(27-42)38-19-21-39(22-20-38)45-30-48(35(5)6)56(49(31-45)36(7)8)60-53-17-13-12-16-52(53)59-58(60)47-25-18-37(9)55-51-29-41-24-23-40-14-10-11-15-46(40)50(41)32-54(51)61-57(47)55/h10-36H,1-9H3/i9D3. The van der Waals surface area contributed by atoms with Gasteiger partial charge in [-0.05, 0) is 145 Å². The van der Waals surface area contributed by atoms with Gasteiger partial charge in [0.05, 0.1) is 22.3 Å². The molecule has 0 spiro atoms. The summed E-state index contributed by atoms with van der Waals surface area (Å²) in [5, 5.41) is 5.74. The van der Waals surface area contributed by atoms with Crippen molar-refractivity contribution in [3.63, 3.8) is 0 Å². The summed E-state index contributed by atoms with van der Waals surface area (Å²) in [6.07, 6.45) is 0. The van der Waals surface area contributed by atoms with Gasteiger partial charge in [0.15, 0.2) is 0 Å². The highest BCUT2D eigenvalue weighted by molar-refractivity contribution is 6.18. The van der Waals surface area contributed by atoms with E-state index in [-0.39, 0.29) is 17.4 Å². The Morgan fingerprint density at radius 3 is 1.80 bits per heavy atom. The van der Waals surface area contributed by atoms with Gasteiger partial charge in [-0.25, -0.2) is 4.98 Å². The van der Waals surface area contributed by atoms with Crippen LogP contribution in [0.25, 0.3) is 93.8 Å². The molecule has 302 valence electrons. The van der Waals surface area contributed by atoms with E-state index in [1.165, 1.54) is 44.5 Å². The molecule has 0 aliphatic rings. The summed E-state index contributed by atoms with van der Waals surface area (Å²) in [4.78, 5) is 5.38. The summed E-state index contributed by atoms with van der Waals surface area (Å²) in [6.45, 7) is 15.7. The Morgan fingerprint density at radius 1 is 0.525 bits per heavy atom. The van der Waals surface area contributed by atoms with E-state index in [1.807, 2.05) is 18.2 Å². The van der Waals surface area contributed by atoms with Crippen LogP contribution in [0.3, 0.4) is 0 Å². The van der Waals surface area contributed by atoms with E-state index in [0.29, 0.717) is 34.2 Å². The van der Waals surface area contributed by atoms with E-state index in [4.69, 9.17) is 13.5 Å². The van der Waals surface area contributed by atoms with Crippen molar-refractivity contribution in [2.45, 2.75) is 85.9 Å². The maximum Gasteiger partial charge on any atom is 0.149 e. The molecule has 0 amide bonds. The molecule has 8 aromatic carbocycles. The number of rotatable bonds is 8. The number of benzene rings is 8. The van der Waals surface area contributed by atoms with Gasteiger partial charge in [-0.1, -0.05) is 152 Å². The topological polar surface area (TPSA) is 31.0 Å². The van der Waals surface area contributed by atoms with Gasteiger partial charge < -0.3 is 4.42 Å². The largest absolute Gasteiger partial charge is 0.455 e. The first-order valence-corrected chi connectivity index (χ1v) is 21.9. The number of fused-ring (bicyclic) bond motifs is 7. The van der Waals surface area contributed by atoms with Crippen molar-refractivity contribution in [3.8, 4) is 39.3 Å². The van der Waals surface area contributed by atoms with Crippen LogP contribution in [0.2, 0.25) is 0 Å². The molecule has 3 nitrogen and oxygen atoms in total.